The van der Waals surface area contributed by atoms with Crippen molar-refractivity contribution in [3.63, 3.8) is 0 Å². The molecule has 102 valence electrons. The molecule has 1 saturated heterocycles. The predicted octanol–water partition coefficient (Wildman–Crippen LogP) is 3.08. The van der Waals surface area contributed by atoms with Gasteiger partial charge in [-0.2, -0.15) is 0 Å². The number of hydrogen-bond donors (Lipinski definition) is 2. The van der Waals surface area contributed by atoms with Crippen molar-refractivity contribution in [1.29, 1.82) is 0 Å². The SMILES string of the molecule is CCN(CC)c1ccc([C@H]2CCCN2)c(O)c1.Cl. The summed E-state index contributed by atoms with van der Waals surface area (Å²) < 4.78 is 0. The fourth-order valence-corrected chi connectivity index (χ4v) is 2.56. The van der Waals surface area contributed by atoms with Crippen molar-refractivity contribution in [3.05, 3.63) is 23.8 Å². The van der Waals surface area contributed by atoms with Crippen molar-refractivity contribution in [3.8, 4) is 5.75 Å². The Balaban J connectivity index is 0.00000162. The number of hydrogen-bond acceptors (Lipinski definition) is 3. The van der Waals surface area contributed by atoms with Crippen molar-refractivity contribution in [2.45, 2.75) is 32.7 Å². The number of anilines is 1. The molecule has 0 radical (unpaired) electrons. The van der Waals surface area contributed by atoms with Gasteiger partial charge >= 0.3 is 0 Å². The second-order valence-electron chi connectivity index (χ2n) is 4.56. The summed E-state index contributed by atoms with van der Waals surface area (Å²) >= 11 is 0. The fraction of sp³-hybridized carbons (Fsp3) is 0.571. The molecule has 2 rings (SSSR count). The van der Waals surface area contributed by atoms with Crippen LogP contribution in [0.5, 0.6) is 5.75 Å². The smallest absolute Gasteiger partial charge is 0.122 e. The monoisotopic (exact) mass is 270 g/mol. The zero-order valence-corrected chi connectivity index (χ0v) is 12.0. The molecular formula is C14H23ClN2O. The van der Waals surface area contributed by atoms with Gasteiger partial charge in [0.2, 0.25) is 0 Å². The molecule has 3 nitrogen and oxygen atoms in total. The van der Waals surface area contributed by atoms with E-state index in [0.717, 1.165) is 37.3 Å². The van der Waals surface area contributed by atoms with E-state index < -0.39 is 0 Å². The number of aromatic hydroxyl groups is 1. The summed E-state index contributed by atoms with van der Waals surface area (Å²) in [5, 5.41) is 13.5. The number of phenols is 1. The highest BCUT2D eigenvalue weighted by Gasteiger charge is 2.19. The van der Waals surface area contributed by atoms with Crippen LogP contribution >= 0.6 is 12.4 Å². The minimum atomic E-state index is 0. The lowest BCUT2D eigenvalue weighted by Crippen LogP contribution is -2.22. The van der Waals surface area contributed by atoms with Crippen molar-refractivity contribution in [2.24, 2.45) is 0 Å². The number of benzene rings is 1. The first kappa shape index (κ1) is 15.1. The van der Waals surface area contributed by atoms with Gasteiger partial charge in [-0.3, -0.25) is 0 Å². The molecular weight excluding hydrogens is 248 g/mol. The molecule has 0 bridgehead atoms. The maximum Gasteiger partial charge on any atom is 0.122 e. The minimum Gasteiger partial charge on any atom is -0.508 e. The number of nitrogens with one attached hydrogen (secondary N) is 1. The molecule has 2 N–H and O–H groups in total. The molecule has 0 spiro atoms. The van der Waals surface area contributed by atoms with Gasteiger partial charge in [0.1, 0.15) is 5.75 Å². The van der Waals surface area contributed by atoms with Gasteiger partial charge in [-0.25, -0.2) is 0 Å². The molecule has 1 atom stereocenters. The van der Waals surface area contributed by atoms with Gasteiger partial charge in [-0.05, 0) is 39.3 Å². The maximum absolute atomic E-state index is 10.1. The first-order valence-electron chi connectivity index (χ1n) is 6.57. The molecule has 0 saturated carbocycles. The predicted molar refractivity (Wildman–Crippen MR) is 78.9 cm³/mol. The van der Waals surface area contributed by atoms with E-state index in [1.165, 1.54) is 6.42 Å². The van der Waals surface area contributed by atoms with E-state index in [9.17, 15) is 5.11 Å². The highest BCUT2D eigenvalue weighted by Crippen LogP contribution is 2.33. The van der Waals surface area contributed by atoms with E-state index in [2.05, 4.69) is 36.2 Å². The highest BCUT2D eigenvalue weighted by atomic mass is 35.5. The van der Waals surface area contributed by atoms with Crippen molar-refractivity contribution < 1.29 is 5.11 Å². The van der Waals surface area contributed by atoms with Crippen LogP contribution < -0.4 is 10.2 Å². The van der Waals surface area contributed by atoms with Crippen LogP contribution in [-0.2, 0) is 0 Å². The van der Waals surface area contributed by atoms with Gasteiger partial charge < -0.3 is 15.3 Å². The first-order chi connectivity index (χ1) is 8.26. The molecule has 1 aromatic carbocycles. The minimum absolute atomic E-state index is 0. The summed E-state index contributed by atoms with van der Waals surface area (Å²) in [5.41, 5.74) is 2.15. The summed E-state index contributed by atoms with van der Waals surface area (Å²) in [5.74, 6) is 0.425. The quantitative estimate of drug-likeness (QED) is 0.883. The van der Waals surface area contributed by atoms with Crippen LogP contribution in [0.2, 0.25) is 0 Å². The van der Waals surface area contributed by atoms with Crippen LogP contribution in [0.4, 0.5) is 5.69 Å². The first-order valence-corrected chi connectivity index (χ1v) is 6.57. The molecule has 1 aromatic rings. The fourth-order valence-electron chi connectivity index (χ4n) is 2.56. The lowest BCUT2D eigenvalue weighted by molar-refractivity contribution is 0.457. The standard InChI is InChI=1S/C14H22N2O.ClH/c1-3-16(4-2)11-7-8-12(14(17)10-11)13-6-5-9-15-13;/h7-8,10,13,15,17H,3-6,9H2,1-2H3;1H/t13-;/m1./s1. The summed E-state index contributed by atoms with van der Waals surface area (Å²) in [6.45, 7) is 7.26. The Kier molecular flexibility index (Phi) is 5.76. The van der Waals surface area contributed by atoms with Gasteiger partial charge in [0, 0.05) is 36.4 Å². The zero-order chi connectivity index (χ0) is 12.3. The number of phenolic OH excluding ortho intramolecular Hbond substituents is 1. The van der Waals surface area contributed by atoms with Crippen LogP contribution in [-0.4, -0.2) is 24.7 Å². The molecule has 0 amide bonds. The van der Waals surface area contributed by atoms with Gasteiger partial charge in [0.05, 0.1) is 0 Å². The zero-order valence-electron chi connectivity index (χ0n) is 11.1. The average Bonchev–Trinajstić information content (AvgIpc) is 2.84. The van der Waals surface area contributed by atoms with Crippen LogP contribution in [0.3, 0.4) is 0 Å². The number of halogens is 1. The second kappa shape index (κ2) is 6.86. The third kappa shape index (κ3) is 3.09. The average molecular weight is 271 g/mol. The van der Waals surface area contributed by atoms with Gasteiger partial charge in [0.25, 0.3) is 0 Å². The summed E-state index contributed by atoms with van der Waals surface area (Å²) in [7, 11) is 0. The molecule has 0 unspecified atom stereocenters. The Labute approximate surface area is 116 Å². The Hall–Kier alpha value is -0.930. The van der Waals surface area contributed by atoms with E-state index in [1.54, 1.807) is 0 Å². The molecule has 1 fully saturated rings. The van der Waals surface area contributed by atoms with E-state index in [1.807, 2.05) is 6.07 Å². The van der Waals surface area contributed by atoms with Crippen LogP contribution in [0.15, 0.2) is 18.2 Å². The van der Waals surface area contributed by atoms with Gasteiger partial charge in [0.15, 0.2) is 0 Å². The molecule has 0 aliphatic carbocycles. The Morgan fingerprint density at radius 1 is 1.33 bits per heavy atom. The molecule has 18 heavy (non-hydrogen) atoms. The van der Waals surface area contributed by atoms with E-state index in [4.69, 9.17) is 0 Å². The third-order valence-corrected chi connectivity index (χ3v) is 3.58. The summed E-state index contributed by atoms with van der Waals surface area (Å²) in [6, 6.07) is 6.40. The number of nitrogens with zero attached hydrogens (tertiary/aromatic N) is 1. The Morgan fingerprint density at radius 3 is 2.56 bits per heavy atom. The van der Waals surface area contributed by atoms with Crippen molar-refractivity contribution in [2.75, 3.05) is 24.5 Å². The van der Waals surface area contributed by atoms with Crippen LogP contribution in [0, 0.1) is 0 Å². The topological polar surface area (TPSA) is 35.5 Å². The van der Waals surface area contributed by atoms with Gasteiger partial charge in [-0.1, -0.05) is 6.07 Å². The van der Waals surface area contributed by atoms with Crippen LogP contribution in [0.1, 0.15) is 38.3 Å². The lowest BCUT2D eigenvalue weighted by Gasteiger charge is -2.22. The Bertz CT molecular complexity index is 374. The van der Waals surface area contributed by atoms with Crippen molar-refractivity contribution >= 4 is 18.1 Å². The van der Waals surface area contributed by atoms with E-state index in [-0.39, 0.29) is 12.4 Å². The summed E-state index contributed by atoms with van der Waals surface area (Å²) in [6.07, 6.45) is 2.32. The van der Waals surface area contributed by atoms with E-state index >= 15 is 0 Å². The van der Waals surface area contributed by atoms with Crippen LogP contribution in [0.25, 0.3) is 0 Å². The molecule has 1 aliphatic rings. The molecule has 1 heterocycles. The normalized spacial score (nSPS) is 18.4. The molecule has 0 aromatic heterocycles. The molecule has 4 heteroatoms. The third-order valence-electron chi connectivity index (χ3n) is 3.58. The maximum atomic E-state index is 10.1. The number of rotatable bonds is 4. The van der Waals surface area contributed by atoms with Crippen molar-refractivity contribution in [1.82, 2.24) is 5.32 Å². The highest BCUT2D eigenvalue weighted by molar-refractivity contribution is 5.85. The van der Waals surface area contributed by atoms with Gasteiger partial charge in [-0.15, -0.1) is 12.4 Å². The van der Waals surface area contributed by atoms with E-state index in [0.29, 0.717) is 11.8 Å². The second-order valence-corrected chi connectivity index (χ2v) is 4.56. The summed E-state index contributed by atoms with van der Waals surface area (Å²) in [4.78, 5) is 2.24. The Morgan fingerprint density at radius 2 is 2.06 bits per heavy atom. The largest absolute Gasteiger partial charge is 0.508 e. The lowest BCUT2D eigenvalue weighted by atomic mass is 10.0. The molecule has 1 aliphatic heterocycles.